The Bertz CT molecular complexity index is 1080. The van der Waals surface area contributed by atoms with Gasteiger partial charge in [-0.1, -0.05) is 17.4 Å². The summed E-state index contributed by atoms with van der Waals surface area (Å²) in [5.74, 6) is 0. The summed E-state index contributed by atoms with van der Waals surface area (Å²) >= 11 is 1.45. The molecule has 0 atom stereocenters. The molecule has 6 nitrogen and oxygen atoms in total. The van der Waals surface area contributed by atoms with E-state index in [2.05, 4.69) is 31.7 Å². The van der Waals surface area contributed by atoms with Gasteiger partial charge in [0.15, 0.2) is 5.13 Å². The quantitative estimate of drug-likeness (QED) is 0.548. The molecule has 0 spiro atoms. The molecule has 0 radical (unpaired) electrons. The van der Waals surface area contributed by atoms with E-state index in [1.807, 2.05) is 43.5 Å². The summed E-state index contributed by atoms with van der Waals surface area (Å²) in [5.41, 5.74) is 4.97. The van der Waals surface area contributed by atoms with Crippen molar-refractivity contribution in [3.8, 4) is 22.3 Å². The first-order valence-electron chi connectivity index (χ1n) is 8.55. The van der Waals surface area contributed by atoms with Gasteiger partial charge < -0.3 is 5.32 Å². The second kappa shape index (κ2) is 7.51. The fourth-order valence-corrected chi connectivity index (χ4v) is 3.81. The van der Waals surface area contributed by atoms with Crippen LogP contribution < -0.4 is 10.6 Å². The number of benzene rings is 1. The van der Waals surface area contributed by atoms with Crippen LogP contribution in [-0.4, -0.2) is 27.5 Å². The van der Waals surface area contributed by atoms with Crippen LogP contribution in [0.4, 0.5) is 9.93 Å². The van der Waals surface area contributed by atoms with E-state index in [0.717, 1.165) is 32.5 Å². The number of pyridine rings is 2. The normalized spacial score (nSPS) is 10.7. The summed E-state index contributed by atoms with van der Waals surface area (Å²) in [4.78, 5) is 24.8. The van der Waals surface area contributed by atoms with Gasteiger partial charge in [-0.2, -0.15) is 0 Å². The number of fused-ring (bicyclic) bond motifs is 1. The number of amides is 2. The molecule has 0 unspecified atom stereocenters. The van der Waals surface area contributed by atoms with E-state index < -0.39 is 0 Å². The third-order valence-corrected chi connectivity index (χ3v) is 5.05. The molecule has 4 aromatic rings. The molecule has 134 valence electrons. The summed E-state index contributed by atoms with van der Waals surface area (Å²) in [7, 11) is 0. The third-order valence-electron chi connectivity index (χ3n) is 4.03. The molecule has 0 aliphatic heterocycles. The molecule has 3 heterocycles. The van der Waals surface area contributed by atoms with Crippen molar-refractivity contribution in [3.63, 3.8) is 0 Å². The fourth-order valence-electron chi connectivity index (χ4n) is 2.84. The maximum atomic E-state index is 11.9. The first-order valence-corrected chi connectivity index (χ1v) is 9.36. The Balaban J connectivity index is 1.86. The SMILES string of the molecule is CCNC(=O)Nc1nc2cc(-c3ccncc3)cc(-c3cccnc3)c2s1. The fraction of sp³-hybridized carbons (Fsp3) is 0.100. The number of thiazole rings is 1. The zero-order chi connectivity index (χ0) is 18.6. The Kier molecular flexibility index (Phi) is 4.76. The Labute approximate surface area is 160 Å². The molecule has 0 saturated carbocycles. The lowest BCUT2D eigenvalue weighted by Crippen LogP contribution is -2.28. The van der Waals surface area contributed by atoms with E-state index in [1.54, 1.807) is 18.6 Å². The molecule has 0 saturated heterocycles. The first-order chi connectivity index (χ1) is 13.2. The van der Waals surface area contributed by atoms with Crippen LogP contribution in [0.1, 0.15) is 6.92 Å². The van der Waals surface area contributed by atoms with Gasteiger partial charge in [-0.3, -0.25) is 15.3 Å². The zero-order valence-electron chi connectivity index (χ0n) is 14.6. The van der Waals surface area contributed by atoms with Crippen LogP contribution in [0.15, 0.2) is 61.2 Å². The van der Waals surface area contributed by atoms with Crippen molar-refractivity contribution in [1.82, 2.24) is 20.3 Å². The highest BCUT2D eigenvalue weighted by Gasteiger charge is 2.14. The number of hydrogen-bond donors (Lipinski definition) is 2. The Morgan fingerprint density at radius 2 is 1.89 bits per heavy atom. The number of nitrogens with one attached hydrogen (secondary N) is 2. The topological polar surface area (TPSA) is 79.8 Å². The Hall–Kier alpha value is -3.32. The summed E-state index contributed by atoms with van der Waals surface area (Å²) < 4.78 is 1.01. The number of carbonyl (C=O) groups is 1. The minimum atomic E-state index is -0.256. The summed E-state index contributed by atoms with van der Waals surface area (Å²) in [6, 6.07) is 11.8. The third kappa shape index (κ3) is 3.63. The van der Waals surface area contributed by atoms with Gasteiger partial charge in [0.1, 0.15) is 0 Å². The van der Waals surface area contributed by atoms with E-state index in [0.29, 0.717) is 11.7 Å². The van der Waals surface area contributed by atoms with Crippen LogP contribution in [-0.2, 0) is 0 Å². The van der Waals surface area contributed by atoms with Crippen molar-refractivity contribution in [1.29, 1.82) is 0 Å². The van der Waals surface area contributed by atoms with Crippen LogP contribution >= 0.6 is 11.3 Å². The van der Waals surface area contributed by atoms with Crippen LogP contribution in [0.2, 0.25) is 0 Å². The number of rotatable bonds is 4. The molecular weight excluding hydrogens is 358 g/mol. The summed E-state index contributed by atoms with van der Waals surface area (Å²) in [6.07, 6.45) is 7.13. The van der Waals surface area contributed by atoms with Gasteiger partial charge >= 0.3 is 6.03 Å². The van der Waals surface area contributed by atoms with Crippen LogP contribution in [0.25, 0.3) is 32.5 Å². The minimum Gasteiger partial charge on any atom is -0.338 e. The maximum Gasteiger partial charge on any atom is 0.321 e. The molecule has 3 aromatic heterocycles. The predicted octanol–water partition coefficient (Wildman–Crippen LogP) is 4.56. The lowest BCUT2D eigenvalue weighted by Gasteiger charge is -2.07. The standard InChI is InChI=1S/C20H17N5OS/c1-2-23-19(26)25-20-24-17-11-15(13-5-8-21-9-6-13)10-16(18(17)27-20)14-4-3-7-22-12-14/h3-12H,2H2,1H3,(H2,23,24,25,26). The predicted molar refractivity (Wildman–Crippen MR) is 109 cm³/mol. The van der Waals surface area contributed by atoms with Crippen molar-refractivity contribution in [3.05, 3.63) is 61.2 Å². The van der Waals surface area contributed by atoms with Crippen molar-refractivity contribution in [2.45, 2.75) is 6.92 Å². The van der Waals surface area contributed by atoms with Gasteiger partial charge in [0.25, 0.3) is 0 Å². The highest BCUT2D eigenvalue weighted by molar-refractivity contribution is 7.22. The van der Waals surface area contributed by atoms with Gasteiger partial charge in [0, 0.05) is 42.5 Å². The molecule has 0 bridgehead atoms. The highest BCUT2D eigenvalue weighted by Crippen LogP contribution is 2.38. The largest absolute Gasteiger partial charge is 0.338 e. The van der Waals surface area contributed by atoms with Gasteiger partial charge in [-0.15, -0.1) is 0 Å². The number of urea groups is 1. The molecule has 2 N–H and O–H groups in total. The monoisotopic (exact) mass is 375 g/mol. The molecule has 0 fully saturated rings. The molecule has 27 heavy (non-hydrogen) atoms. The molecule has 7 heteroatoms. The molecule has 0 aliphatic carbocycles. The highest BCUT2D eigenvalue weighted by atomic mass is 32.1. The lowest BCUT2D eigenvalue weighted by atomic mass is 10.00. The molecule has 2 amide bonds. The van der Waals surface area contributed by atoms with Gasteiger partial charge in [0.2, 0.25) is 0 Å². The second-order valence-electron chi connectivity index (χ2n) is 5.85. The van der Waals surface area contributed by atoms with Gasteiger partial charge in [-0.05, 0) is 48.4 Å². The van der Waals surface area contributed by atoms with Crippen molar-refractivity contribution in [2.24, 2.45) is 0 Å². The van der Waals surface area contributed by atoms with E-state index in [4.69, 9.17) is 0 Å². The summed E-state index contributed by atoms with van der Waals surface area (Å²) in [5, 5.41) is 6.09. The van der Waals surface area contributed by atoms with Gasteiger partial charge in [-0.25, -0.2) is 9.78 Å². The minimum absolute atomic E-state index is 0.256. The van der Waals surface area contributed by atoms with Crippen molar-refractivity contribution >= 4 is 32.7 Å². The molecule has 1 aromatic carbocycles. The smallest absolute Gasteiger partial charge is 0.321 e. The van der Waals surface area contributed by atoms with E-state index in [-0.39, 0.29) is 6.03 Å². The second-order valence-corrected chi connectivity index (χ2v) is 6.85. The van der Waals surface area contributed by atoms with E-state index in [1.165, 1.54) is 11.3 Å². The van der Waals surface area contributed by atoms with Crippen molar-refractivity contribution < 1.29 is 4.79 Å². The van der Waals surface area contributed by atoms with E-state index >= 15 is 0 Å². The maximum absolute atomic E-state index is 11.9. The molecular formula is C20H17N5OS. The van der Waals surface area contributed by atoms with Crippen LogP contribution in [0.3, 0.4) is 0 Å². The van der Waals surface area contributed by atoms with E-state index in [9.17, 15) is 4.79 Å². The number of anilines is 1. The van der Waals surface area contributed by atoms with Crippen molar-refractivity contribution in [2.75, 3.05) is 11.9 Å². The number of hydrogen-bond acceptors (Lipinski definition) is 5. The molecule has 0 aliphatic rings. The number of aromatic nitrogens is 3. The Morgan fingerprint density at radius 1 is 1.04 bits per heavy atom. The Morgan fingerprint density at radius 3 is 2.63 bits per heavy atom. The first kappa shape index (κ1) is 17.1. The molecule has 4 rings (SSSR count). The number of carbonyl (C=O) groups excluding carboxylic acids is 1. The van der Waals surface area contributed by atoms with Crippen LogP contribution in [0.5, 0.6) is 0 Å². The van der Waals surface area contributed by atoms with Gasteiger partial charge in [0.05, 0.1) is 10.2 Å². The average Bonchev–Trinajstić information content (AvgIpc) is 3.11. The zero-order valence-corrected chi connectivity index (χ0v) is 15.5. The average molecular weight is 375 g/mol. The number of nitrogens with zero attached hydrogens (tertiary/aromatic N) is 3. The summed E-state index contributed by atoms with van der Waals surface area (Å²) in [6.45, 7) is 2.43. The van der Waals surface area contributed by atoms with Crippen LogP contribution in [0, 0.1) is 0 Å². The lowest BCUT2D eigenvalue weighted by molar-refractivity contribution is 0.252.